The van der Waals surface area contributed by atoms with E-state index in [1.54, 1.807) is 6.92 Å². The normalized spacial score (nSPS) is 12.5. The molecule has 0 aliphatic carbocycles. The van der Waals surface area contributed by atoms with E-state index in [-0.39, 0.29) is 41.5 Å². The van der Waals surface area contributed by atoms with Crippen LogP contribution < -0.4 is 20.7 Å². The Bertz CT molecular complexity index is 1460. The van der Waals surface area contributed by atoms with Crippen molar-refractivity contribution >= 4 is 42.0 Å². The van der Waals surface area contributed by atoms with Gasteiger partial charge in [-0.2, -0.15) is 0 Å². The van der Waals surface area contributed by atoms with E-state index in [1.165, 1.54) is 30.3 Å². The molecule has 6 N–H and O–H groups in total. The first kappa shape index (κ1) is 38.7. The van der Waals surface area contributed by atoms with Crippen molar-refractivity contribution in [2.24, 2.45) is 5.92 Å². The van der Waals surface area contributed by atoms with E-state index in [4.69, 9.17) is 14.3 Å². The third kappa shape index (κ3) is 11.4. The van der Waals surface area contributed by atoms with Crippen molar-refractivity contribution in [3.63, 3.8) is 0 Å². The number of rotatable bonds is 21. The first-order chi connectivity index (χ1) is 22.9. The van der Waals surface area contributed by atoms with Crippen molar-refractivity contribution in [3.8, 4) is 17.1 Å². The lowest BCUT2D eigenvalue weighted by atomic mass is 9.90. The number of methoxy groups -OCH3 is 1. The second-order valence-electron chi connectivity index (χ2n) is 10.5. The highest BCUT2D eigenvalue weighted by molar-refractivity contribution is 6.00. The van der Waals surface area contributed by atoms with E-state index in [2.05, 4.69) is 20.7 Å². The molecule has 3 atom stereocenters. The van der Waals surface area contributed by atoms with Crippen LogP contribution in [0.4, 0.5) is 0 Å². The van der Waals surface area contributed by atoms with Crippen LogP contribution in [0.3, 0.4) is 0 Å². The summed E-state index contributed by atoms with van der Waals surface area (Å²) >= 11 is 0. The molecule has 0 spiro atoms. The summed E-state index contributed by atoms with van der Waals surface area (Å²) in [6.07, 6.45) is 2.58. The van der Waals surface area contributed by atoms with Crippen molar-refractivity contribution in [2.75, 3.05) is 20.4 Å². The summed E-state index contributed by atoms with van der Waals surface area (Å²) in [6.45, 7) is 2.83. The van der Waals surface area contributed by atoms with Crippen LogP contribution in [0, 0.1) is 5.92 Å². The number of hydrogen-bond acceptors (Lipinski definition) is 11. The van der Waals surface area contributed by atoms with E-state index < -0.39 is 66.7 Å². The summed E-state index contributed by atoms with van der Waals surface area (Å²) in [5, 5.41) is 35.9. The molecule has 1 unspecified atom stereocenters. The molecular weight excluding hydrogens is 636 g/mol. The minimum atomic E-state index is -1.75. The number of esters is 1. The Morgan fingerprint density at radius 3 is 2.33 bits per heavy atom. The van der Waals surface area contributed by atoms with Crippen LogP contribution in [0.15, 0.2) is 34.7 Å². The second-order valence-corrected chi connectivity index (χ2v) is 10.5. The summed E-state index contributed by atoms with van der Waals surface area (Å²) in [6, 6.07) is 4.20. The highest BCUT2D eigenvalue weighted by atomic mass is 16.6. The van der Waals surface area contributed by atoms with Gasteiger partial charge in [-0.3, -0.25) is 29.2 Å². The molecule has 0 radical (unpaired) electrons. The van der Waals surface area contributed by atoms with Gasteiger partial charge in [0.15, 0.2) is 12.4 Å². The number of nitrogens with zero attached hydrogens (tertiary/aromatic N) is 1. The summed E-state index contributed by atoms with van der Waals surface area (Å²) in [5.41, 5.74) is 0.0543. The molecule has 48 heavy (non-hydrogen) atoms. The van der Waals surface area contributed by atoms with Gasteiger partial charge in [-0.1, -0.05) is 39.2 Å². The molecule has 0 saturated heterocycles. The predicted octanol–water partition coefficient (Wildman–Crippen LogP) is 1.78. The molecule has 1 aromatic carbocycles. The van der Waals surface area contributed by atoms with Gasteiger partial charge in [-0.05, 0) is 37.1 Å². The molecule has 0 fully saturated rings. The Hall–Kier alpha value is -5.45. The lowest BCUT2D eigenvalue weighted by Gasteiger charge is -2.29. The minimum Gasteiger partial charge on any atom is -0.481 e. The largest absolute Gasteiger partial charge is 0.481 e. The number of unbranched alkanes of at least 4 members (excludes halogenated alkanes) is 2. The molecule has 262 valence electrons. The highest BCUT2D eigenvalue weighted by Crippen LogP contribution is 2.29. The zero-order valence-electron chi connectivity index (χ0n) is 26.7. The van der Waals surface area contributed by atoms with Crippen LogP contribution in [0.2, 0.25) is 0 Å². The van der Waals surface area contributed by atoms with Gasteiger partial charge >= 0.3 is 17.9 Å². The average Bonchev–Trinajstić information content (AvgIpc) is 3.56. The van der Waals surface area contributed by atoms with Crippen LogP contribution in [-0.4, -0.2) is 95.0 Å². The summed E-state index contributed by atoms with van der Waals surface area (Å²) in [7, 11) is 1.12. The number of nitrogens with one attached hydrogen (secondary N) is 3. The average molecular weight is 677 g/mol. The third-order valence-corrected chi connectivity index (χ3v) is 7.19. The predicted molar refractivity (Wildman–Crippen MR) is 165 cm³/mol. The molecule has 0 aliphatic rings. The van der Waals surface area contributed by atoms with E-state index in [1.807, 2.05) is 6.92 Å². The molecule has 17 heteroatoms. The lowest BCUT2D eigenvalue weighted by molar-refractivity contribution is -0.168. The van der Waals surface area contributed by atoms with Gasteiger partial charge in [-0.15, -0.1) is 0 Å². The number of aliphatic carboxylic acids is 2. The van der Waals surface area contributed by atoms with Crippen molar-refractivity contribution < 1.29 is 62.9 Å². The first-order valence-corrected chi connectivity index (χ1v) is 15.0. The Morgan fingerprint density at radius 2 is 1.73 bits per heavy atom. The summed E-state index contributed by atoms with van der Waals surface area (Å²) in [4.78, 5) is 83.9. The molecule has 0 aliphatic heterocycles. The van der Waals surface area contributed by atoms with Gasteiger partial charge in [-0.25, -0.2) is 14.7 Å². The number of hydrogen-bond donors (Lipinski definition) is 6. The molecule has 4 amide bonds. The molecule has 17 nitrogen and oxygen atoms in total. The van der Waals surface area contributed by atoms with E-state index in [9.17, 15) is 43.9 Å². The van der Waals surface area contributed by atoms with Crippen molar-refractivity contribution in [1.82, 2.24) is 21.0 Å². The number of furan rings is 1. The molecule has 2 aromatic rings. The van der Waals surface area contributed by atoms with Crippen LogP contribution in [0.5, 0.6) is 5.75 Å². The molecule has 1 heterocycles. The van der Waals surface area contributed by atoms with Gasteiger partial charge in [0.05, 0.1) is 37.7 Å². The second kappa shape index (κ2) is 19.3. The lowest BCUT2D eigenvalue weighted by Crippen LogP contribution is -2.47. The summed E-state index contributed by atoms with van der Waals surface area (Å²) in [5.74, 6) is -6.89. The smallest absolute Gasteiger partial charge is 0.343 e. The van der Waals surface area contributed by atoms with Crippen LogP contribution in [0.25, 0.3) is 11.3 Å². The number of amides is 4. The van der Waals surface area contributed by atoms with Crippen molar-refractivity contribution in [2.45, 2.75) is 64.5 Å². The number of hydroxylamine groups is 2. The number of carboxylic acids is 2. The maximum atomic E-state index is 13.0. The maximum absolute atomic E-state index is 13.0. The number of carbonyl (C=O) groups excluding carboxylic acids is 5. The topological polar surface area (TPSA) is 251 Å². The zero-order chi connectivity index (χ0) is 35.8. The van der Waals surface area contributed by atoms with Gasteiger partial charge in [0.1, 0.15) is 17.6 Å². The fraction of sp³-hybridized carbons (Fsp3) is 0.452. The van der Waals surface area contributed by atoms with Crippen molar-refractivity contribution in [1.29, 1.82) is 0 Å². The molecule has 1 aromatic heterocycles. The van der Waals surface area contributed by atoms with Crippen molar-refractivity contribution in [3.05, 3.63) is 41.7 Å². The number of carbonyl (C=O) groups is 7. The Kier molecular flexibility index (Phi) is 15.5. The minimum absolute atomic E-state index is 0.132. The van der Waals surface area contributed by atoms with Crippen LogP contribution in [-0.2, 0) is 28.7 Å². The SMILES string of the molecule is CCCCC[C@@H](C(=O)NCNC(=O)c1ccc(-c2ccc(C(=O)NC(CC(=O)O)C(=O)O)c(OCC(=O)OC)c2)o1)[C@@H](CC)N(O)C=O. The number of benzene rings is 1. The Labute approximate surface area is 275 Å². The zero-order valence-corrected chi connectivity index (χ0v) is 26.7. The Morgan fingerprint density at radius 1 is 1.00 bits per heavy atom. The van der Waals surface area contributed by atoms with E-state index in [0.29, 0.717) is 24.3 Å². The number of carboxylic acid groups (broad SMARTS) is 2. The highest BCUT2D eigenvalue weighted by Gasteiger charge is 2.31. The van der Waals surface area contributed by atoms with E-state index >= 15 is 0 Å². The van der Waals surface area contributed by atoms with Gasteiger partial charge in [0.25, 0.3) is 11.8 Å². The summed E-state index contributed by atoms with van der Waals surface area (Å²) < 4.78 is 15.6. The van der Waals surface area contributed by atoms with Gasteiger partial charge < -0.3 is 40.1 Å². The Balaban J connectivity index is 2.19. The standard InChI is InChI=1S/C31H40N4O13/c1-4-6-7-8-19(22(5-2)35(45)17-36)28(40)32-16-33-30(42)24-12-11-23(48-24)18-9-10-20(25(13-18)47-15-27(39)46-3)29(41)34-21(31(43)44)14-26(37)38/h9-13,17,19,21-22,45H,4-8,14-16H2,1-3H3,(H,32,40)(H,33,42)(H,34,41)(H,37,38)(H,43,44)/t19-,21?,22-/m1/s1. The van der Waals surface area contributed by atoms with Crippen LogP contribution in [0.1, 0.15) is 73.3 Å². The third-order valence-electron chi connectivity index (χ3n) is 7.19. The van der Waals surface area contributed by atoms with E-state index in [0.717, 1.165) is 20.0 Å². The fourth-order valence-corrected chi connectivity index (χ4v) is 4.68. The maximum Gasteiger partial charge on any atom is 0.343 e. The van der Waals surface area contributed by atoms with Gasteiger partial charge in [0.2, 0.25) is 12.3 Å². The molecule has 0 saturated carbocycles. The quantitative estimate of drug-likeness (QED) is 0.0276. The molecule has 0 bridgehead atoms. The first-order valence-electron chi connectivity index (χ1n) is 15.0. The van der Waals surface area contributed by atoms with Gasteiger partial charge in [0, 0.05) is 5.56 Å². The van der Waals surface area contributed by atoms with Crippen LogP contribution >= 0.6 is 0 Å². The monoisotopic (exact) mass is 676 g/mol. The molecular formula is C31H40N4O13. The molecule has 2 rings (SSSR count). The fourth-order valence-electron chi connectivity index (χ4n) is 4.68. The number of ether oxygens (including phenoxy) is 2.